The zero-order valence-corrected chi connectivity index (χ0v) is 12.9. The molecule has 3 aromatic rings. The number of hydrogen-bond acceptors (Lipinski definition) is 6. The van der Waals surface area contributed by atoms with Crippen LogP contribution in [0.1, 0.15) is 5.76 Å². The van der Waals surface area contributed by atoms with Gasteiger partial charge in [-0.1, -0.05) is 18.2 Å². The molecule has 0 bridgehead atoms. The number of para-hydroxylation sites is 1. The minimum Gasteiger partial charge on any atom is -0.493 e. The van der Waals surface area contributed by atoms with Gasteiger partial charge in [-0.2, -0.15) is 4.99 Å². The van der Waals surface area contributed by atoms with Crippen LogP contribution in [0.2, 0.25) is 0 Å². The lowest BCUT2D eigenvalue weighted by molar-refractivity contribution is -0.113. The highest BCUT2D eigenvalue weighted by Crippen LogP contribution is 2.36. The van der Waals surface area contributed by atoms with Crippen molar-refractivity contribution < 1.29 is 14.3 Å². The fourth-order valence-corrected chi connectivity index (χ4v) is 2.97. The maximum absolute atomic E-state index is 11.9. The molecule has 0 spiro atoms. The summed E-state index contributed by atoms with van der Waals surface area (Å²) in [6.45, 7) is 0. The minimum absolute atomic E-state index is 0.0822. The predicted octanol–water partition coefficient (Wildman–Crippen LogP) is 4.22. The number of fused-ring (bicyclic) bond motifs is 1. The van der Waals surface area contributed by atoms with E-state index in [1.807, 2.05) is 24.3 Å². The van der Waals surface area contributed by atoms with Crippen LogP contribution in [0, 0.1) is 0 Å². The summed E-state index contributed by atoms with van der Waals surface area (Å²) in [6, 6.07) is 10.8. The highest BCUT2D eigenvalue weighted by Gasteiger charge is 2.22. The molecule has 0 aliphatic carbocycles. The molecule has 0 saturated carbocycles. The molecule has 8 heteroatoms. The van der Waals surface area contributed by atoms with Crippen molar-refractivity contribution in [2.24, 2.45) is 15.2 Å². The molecule has 0 unspecified atom stereocenters. The van der Waals surface area contributed by atoms with Crippen LogP contribution in [0.5, 0.6) is 5.88 Å². The SMILES string of the molecule is O=C1N=C(N=Nc2c(O)[nH]c3ccccc23)SC1=Cc1ccco1. The normalized spacial score (nSPS) is 16.6. The van der Waals surface area contributed by atoms with Crippen molar-refractivity contribution in [3.05, 3.63) is 53.3 Å². The second-order valence-electron chi connectivity index (χ2n) is 4.89. The number of benzene rings is 1. The van der Waals surface area contributed by atoms with Crippen LogP contribution in [0.3, 0.4) is 0 Å². The molecule has 118 valence electrons. The van der Waals surface area contributed by atoms with Crippen molar-refractivity contribution in [3.63, 3.8) is 0 Å². The van der Waals surface area contributed by atoms with E-state index in [1.165, 1.54) is 6.26 Å². The maximum Gasteiger partial charge on any atom is 0.286 e. The molecule has 3 heterocycles. The van der Waals surface area contributed by atoms with Gasteiger partial charge in [0.25, 0.3) is 5.91 Å². The molecule has 0 saturated heterocycles. The van der Waals surface area contributed by atoms with Gasteiger partial charge in [0, 0.05) is 11.5 Å². The molecule has 2 aromatic heterocycles. The summed E-state index contributed by atoms with van der Waals surface area (Å²) in [5, 5.41) is 18.9. The van der Waals surface area contributed by atoms with E-state index in [0.717, 1.165) is 22.7 Å². The van der Waals surface area contributed by atoms with Gasteiger partial charge in [0.2, 0.25) is 11.0 Å². The number of nitrogens with one attached hydrogen (secondary N) is 1. The number of amidine groups is 1. The topological polar surface area (TPSA) is 103 Å². The second-order valence-corrected chi connectivity index (χ2v) is 5.90. The van der Waals surface area contributed by atoms with Gasteiger partial charge >= 0.3 is 0 Å². The van der Waals surface area contributed by atoms with E-state index in [2.05, 4.69) is 20.2 Å². The van der Waals surface area contributed by atoms with Crippen molar-refractivity contribution in [1.82, 2.24) is 4.98 Å². The first kappa shape index (κ1) is 14.5. The van der Waals surface area contributed by atoms with Gasteiger partial charge in [0.05, 0.1) is 16.7 Å². The monoisotopic (exact) mass is 338 g/mol. The van der Waals surface area contributed by atoms with Crippen molar-refractivity contribution in [1.29, 1.82) is 0 Å². The van der Waals surface area contributed by atoms with Gasteiger partial charge in [-0.05, 0) is 30.0 Å². The van der Waals surface area contributed by atoms with Crippen molar-refractivity contribution >= 4 is 45.5 Å². The maximum atomic E-state index is 11.9. The van der Waals surface area contributed by atoms with Crippen LogP contribution in [-0.2, 0) is 4.79 Å². The number of thioether (sulfide) groups is 1. The molecular formula is C16H10N4O3S. The predicted molar refractivity (Wildman–Crippen MR) is 91.2 cm³/mol. The number of aromatic nitrogens is 1. The highest BCUT2D eigenvalue weighted by molar-refractivity contribution is 8.18. The smallest absolute Gasteiger partial charge is 0.286 e. The van der Waals surface area contributed by atoms with Crippen molar-refractivity contribution in [2.75, 3.05) is 0 Å². The fourth-order valence-electron chi connectivity index (χ4n) is 2.25. The van der Waals surface area contributed by atoms with E-state index in [-0.39, 0.29) is 11.0 Å². The summed E-state index contributed by atoms with van der Waals surface area (Å²) in [6.07, 6.45) is 3.12. The van der Waals surface area contributed by atoms with E-state index >= 15 is 0 Å². The lowest BCUT2D eigenvalue weighted by Crippen LogP contribution is -1.86. The van der Waals surface area contributed by atoms with Crippen LogP contribution < -0.4 is 0 Å². The van der Waals surface area contributed by atoms with Crippen LogP contribution in [0.15, 0.2) is 67.2 Å². The molecule has 24 heavy (non-hydrogen) atoms. The largest absolute Gasteiger partial charge is 0.493 e. The molecule has 7 nitrogen and oxygen atoms in total. The third-order valence-corrected chi connectivity index (χ3v) is 4.19. The molecule has 1 aliphatic heterocycles. The number of rotatable bonds is 2. The number of amides is 1. The Labute approximate surface area is 139 Å². The summed E-state index contributed by atoms with van der Waals surface area (Å²) in [5.41, 5.74) is 1.06. The van der Waals surface area contributed by atoms with Crippen LogP contribution in [0.4, 0.5) is 5.69 Å². The Morgan fingerprint density at radius 1 is 1.21 bits per heavy atom. The van der Waals surface area contributed by atoms with E-state index < -0.39 is 5.91 Å². The number of carbonyl (C=O) groups is 1. The molecule has 2 N–H and O–H groups in total. The van der Waals surface area contributed by atoms with Crippen molar-refractivity contribution in [3.8, 4) is 5.88 Å². The average molecular weight is 338 g/mol. The number of aromatic hydroxyl groups is 1. The second kappa shape index (κ2) is 5.82. The number of aromatic amines is 1. The number of nitrogens with zero attached hydrogens (tertiary/aromatic N) is 3. The van der Waals surface area contributed by atoms with Gasteiger partial charge in [0.15, 0.2) is 5.69 Å². The first-order chi connectivity index (χ1) is 11.7. The molecular weight excluding hydrogens is 328 g/mol. The standard InChI is InChI=1S/C16H10N4O3S/c21-14-12(8-9-4-3-7-23-9)24-16(18-14)20-19-13-10-5-1-2-6-11(10)17-15(13)22/h1-8,17,22H. The Morgan fingerprint density at radius 2 is 2.08 bits per heavy atom. The number of azo groups is 1. The number of H-pyrrole nitrogens is 1. The van der Waals surface area contributed by atoms with E-state index in [0.29, 0.717) is 16.4 Å². The molecule has 1 aromatic carbocycles. The molecule has 1 amide bonds. The first-order valence-corrected chi connectivity index (χ1v) is 7.80. The third kappa shape index (κ3) is 2.63. The Balaban J connectivity index is 1.59. The summed E-state index contributed by atoms with van der Waals surface area (Å²) in [5.74, 6) is 0.0863. The van der Waals surface area contributed by atoms with Crippen LogP contribution >= 0.6 is 11.8 Å². The Morgan fingerprint density at radius 3 is 2.92 bits per heavy atom. The summed E-state index contributed by atoms with van der Waals surface area (Å²) in [7, 11) is 0. The Bertz CT molecular complexity index is 1020. The van der Waals surface area contributed by atoms with Gasteiger partial charge in [-0.3, -0.25) is 4.79 Å². The van der Waals surface area contributed by atoms with E-state index in [9.17, 15) is 9.90 Å². The number of aliphatic imine (C=N–C) groups is 1. The van der Waals surface area contributed by atoms with E-state index in [1.54, 1.807) is 18.2 Å². The van der Waals surface area contributed by atoms with Crippen molar-refractivity contribution in [2.45, 2.75) is 0 Å². The summed E-state index contributed by atoms with van der Waals surface area (Å²) < 4.78 is 5.18. The molecule has 0 fully saturated rings. The number of hydrogen-bond donors (Lipinski definition) is 2. The van der Waals surface area contributed by atoms with Crippen LogP contribution in [-0.4, -0.2) is 21.2 Å². The van der Waals surface area contributed by atoms with Gasteiger partial charge in [0.1, 0.15) is 5.76 Å². The van der Waals surface area contributed by atoms with Gasteiger partial charge in [-0.15, -0.1) is 10.2 Å². The molecule has 0 radical (unpaired) electrons. The highest BCUT2D eigenvalue weighted by atomic mass is 32.2. The molecule has 1 aliphatic rings. The van der Waals surface area contributed by atoms with E-state index in [4.69, 9.17) is 4.42 Å². The summed E-state index contributed by atoms with van der Waals surface area (Å²) >= 11 is 1.10. The quantitative estimate of drug-likeness (QED) is 0.539. The summed E-state index contributed by atoms with van der Waals surface area (Å²) in [4.78, 5) is 18.9. The third-order valence-electron chi connectivity index (χ3n) is 3.32. The molecule has 0 atom stereocenters. The fraction of sp³-hybridized carbons (Fsp3) is 0. The average Bonchev–Trinajstić information content (AvgIpc) is 3.26. The lowest BCUT2D eigenvalue weighted by atomic mass is 10.2. The zero-order valence-electron chi connectivity index (χ0n) is 12.1. The number of carbonyl (C=O) groups excluding carboxylic acids is 1. The van der Waals surface area contributed by atoms with Gasteiger partial charge < -0.3 is 14.5 Å². The van der Waals surface area contributed by atoms with Gasteiger partial charge in [-0.25, -0.2) is 0 Å². The minimum atomic E-state index is -0.395. The Hall–Kier alpha value is -3.13. The van der Waals surface area contributed by atoms with Crippen LogP contribution in [0.25, 0.3) is 17.0 Å². The first-order valence-electron chi connectivity index (χ1n) is 6.98. The molecule has 4 rings (SSSR count). The zero-order chi connectivity index (χ0) is 16.5. The Kier molecular flexibility index (Phi) is 3.51. The lowest BCUT2D eigenvalue weighted by Gasteiger charge is -1.92. The number of furan rings is 1.